The molecule has 1 aromatic rings. The third-order valence-electron chi connectivity index (χ3n) is 2.97. The molecule has 0 saturated carbocycles. The van der Waals surface area contributed by atoms with Crippen molar-refractivity contribution in [2.45, 2.75) is 32.6 Å². The number of ketones is 1. The lowest BCUT2D eigenvalue weighted by molar-refractivity contribution is 0.0999. The van der Waals surface area contributed by atoms with Crippen LogP contribution in [0, 0.1) is 0 Å². The van der Waals surface area contributed by atoms with Crippen LogP contribution in [0.1, 0.15) is 43.0 Å². The van der Waals surface area contributed by atoms with Gasteiger partial charge >= 0.3 is 0 Å². The molecule has 0 atom stereocenters. The molecule has 0 saturated heterocycles. The van der Waals surface area contributed by atoms with Crippen LogP contribution in [0.15, 0.2) is 23.2 Å². The zero-order chi connectivity index (χ0) is 12.3. The van der Waals surface area contributed by atoms with Crippen molar-refractivity contribution in [1.82, 2.24) is 0 Å². The second-order valence-electron chi connectivity index (χ2n) is 4.24. The van der Waals surface area contributed by atoms with Gasteiger partial charge in [-0.1, -0.05) is 19.4 Å². The van der Waals surface area contributed by atoms with Crippen LogP contribution in [0.5, 0.6) is 5.75 Å². The second kappa shape index (κ2) is 5.13. The van der Waals surface area contributed by atoms with Gasteiger partial charge in [0.05, 0.1) is 7.11 Å². The van der Waals surface area contributed by atoms with Gasteiger partial charge in [-0.3, -0.25) is 9.79 Å². The molecule has 2 rings (SSSR count). The summed E-state index contributed by atoms with van der Waals surface area (Å²) in [4.78, 5) is 16.6. The van der Waals surface area contributed by atoms with Gasteiger partial charge in [-0.15, -0.1) is 0 Å². The van der Waals surface area contributed by atoms with E-state index in [4.69, 9.17) is 4.74 Å². The molecule has 90 valence electrons. The molecule has 0 aliphatic carbocycles. The minimum atomic E-state index is 0.153. The molecule has 0 spiro atoms. The number of fused-ring (bicyclic) bond motifs is 1. The van der Waals surface area contributed by atoms with Crippen LogP contribution in [0.25, 0.3) is 0 Å². The number of hydrogen-bond acceptors (Lipinski definition) is 3. The number of carbonyl (C=O) groups excluding carboxylic acids is 1. The first-order valence-electron chi connectivity index (χ1n) is 6.03. The number of ether oxygens (including phenoxy) is 1. The van der Waals surface area contributed by atoms with Gasteiger partial charge in [0.15, 0.2) is 5.78 Å². The minimum Gasteiger partial charge on any atom is -0.494 e. The molecular formula is C14H17NO2. The summed E-state index contributed by atoms with van der Waals surface area (Å²) in [6.45, 7) is 2.14. The number of aliphatic imine (C=N–C) groups is 1. The Kier molecular flexibility index (Phi) is 3.57. The fraction of sp³-hybridized carbons (Fsp3) is 0.429. The van der Waals surface area contributed by atoms with Gasteiger partial charge in [0.2, 0.25) is 0 Å². The van der Waals surface area contributed by atoms with Gasteiger partial charge in [-0.25, -0.2) is 0 Å². The first-order chi connectivity index (χ1) is 8.26. The third kappa shape index (κ3) is 2.38. The summed E-state index contributed by atoms with van der Waals surface area (Å²) in [5.41, 5.74) is 2.37. The normalized spacial score (nSPS) is 14.2. The fourth-order valence-corrected chi connectivity index (χ4v) is 2.03. The van der Waals surface area contributed by atoms with Crippen LogP contribution in [0.4, 0.5) is 5.69 Å². The van der Waals surface area contributed by atoms with Crippen LogP contribution >= 0.6 is 0 Å². The van der Waals surface area contributed by atoms with Gasteiger partial charge in [0.1, 0.15) is 11.4 Å². The Morgan fingerprint density at radius 3 is 2.94 bits per heavy atom. The van der Waals surface area contributed by atoms with Crippen LogP contribution in [-0.4, -0.2) is 18.6 Å². The number of hydrogen-bond donors (Lipinski definition) is 0. The number of methoxy groups -OCH3 is 1. The van der Waals surface area contributed by atoms with Crippen molar-refractivity contribution in [2.24, 2.45) is 4.99 Å². The molecule has 0 bridgehead atoms. The van der Waals surface area contributed by atoms with E-state index in [0.29, 0.717) is 23.4 Å². The molecule has 0 fully saturated rings. The number of benzene rings is 1. The Bertz CT molecular complexity index is 463. The molecule has 17 heavy (non-hydrogen) atoms. The number of nitrogens with zero attached hydrogens (tertiary/aromatic N) is 1. The van der Waals surface area contributed by atoms with Gasteiger partial charge in [0, 0.05) is 17.7 Å². The molecule has 3 heteroatoms. The van der Waals surface area contributed by atoms with E-state index >= 15 is 0 Å². The number of para-hydroxylation sites is 1. The van der Waals surface area contributed by atoms with Crippen molar-refractivity contribution < 1.29 is 9.53 Å². The van der Waals surface area contributed by atoms with Gasteiger partial charge in [-0.05, 0) is 25.0 Å². The lowest BCUT2D eigenvalue weighted by Crippen LogP contribution is -2.13. The Labute approximate surface area is 102 Å². The summed E-state index contributed by atoms with van der Waals surface area (Å²) in [6.07, 6.45) is 3.56. The van der Waals surface area contributed by atoms with E-state index in [0.717, 1.165) is 25.0 Å². The molecule has 1 aromatic carbocycles. The molecule has 0 aromatic heterocycles. The van der Waals surface area contributed by atoms with E-state index in [1.807, 2.05) is 18.2 Å². The molecule has 0 N–H and O–H groups in total. The van der Waals surface area contributed by atoms with Crippen LogP contribution < -0.4 is 4.74 Å². The molecule has 0 amide bonds. The number of Topliss-reactive ketones (excluding diaryl/α,β-unsaturated/α-hetero) is 1. The Balaban J connectivity index is 2.38. The predicted octanol–water partition coefficient (Wildman–Crippen LogP) is 3.54. The maximum absolute atomic E-state index is 12.0. The fourth-order valence-electron chi connectivity index (χ4n) is 2.03. The van der Waals surface area contributed by atoms with Crippen LogP contribution in [-0.2, 0) is 0 Å². The Hall–Kier alpha value is -1.64. The summed E-state index contributed by atoms with van der Waals surface area (Å²) in [5.74, 6) is 0.838. The maximum atomic E-state index is 12.0. The van der Waals surface area contributed by atoms with Crippen molar-refractivity contribution in [3.63, 3.8) is 0 Å². The molecule has 0 unspecified atom stereocenters. The van der Waals surface area contributed by atoms with E-state index in [2.05, 4.69) is 11.9 Å². The lowest BCUT2D eigenvalue weighted by atomic mass is 9.97. The predicted molar refractivity (Wildman–Crippen MR) is 68.6 cm³/mol. The summed E-state index contributed by atoms with van der Waals surface area (Å²) in [6, 6.07) is 5.50. The molecule has 1 aliphatic rings. The Morgan fingerprint density at radius 1 is 1.41 bits per heavy atom. The summed E-state index contributed by atoms with van der Waals surface area (Å²) >= 11 is 0. The highest BCUT2D eigenvalue weighted by atomic mass is 16.5. The molecule has 1 heterocycles. The van der Waals surface area contributed by atoms with Crippen molar-refractivity contribution in [1.29, 1.82) is 0 Å². The van der Waals surface area contributed by atoms with Gasteiger partial charge in [-0.2, -0.15) is 0 Å². The molecule has 1 aliphatic heterocycles. The first-order valence-corrected chi connectivity index (χ1v) is 6.03. The van der Waals surface area contributed by atoms with E-state index < -0.39 is 0 Å². The smallest absolute Gasteiger partial charge is 0.170 e. The van der Waals surface area contributed by atoms with Crippen LogP contribution in [0.2, 0.25) is 0 Å². The first kappa shape index (κ1) is 11.8. The summed E-state index contributed by atoms with van der Waals surface area (Å²) in [5, 5.41) is 0. The Morgan fingerprint density at radius 2 is 2.24 bits per heavy atom. The quantitative estimate of drug-likeness (QED) is 0.794. The maximum Gasteiger partial charge on any atom is 0.170 e. The largest absolute Gasteiger partial charge is 0.494 e. The number of unbranched alkanes of at least 4 members (excludes halogenated alkanes) is 1. The highest BCUT2D eigenvalue weighted by Gasteiger charge is 2.21. The monoisotopic (exact) mass is 231 g/mol. The zero-order valence-electron chi connectivity index (χ0n) is 10.3. The van der Waals surface area contributed by atoms with E-state index in [1.165, 1.54) is 0 Å². The van der Waals surface area contributed by atoms with Crippen molar-refractivity contribution in [3.8, 4) is 5.75 Å². The van der Waals surface area contributed by atoms with E-state index in [-0.39, 0.29) is 5.78 Å². The minimum absolute atomic E-state index is 0.153. The SMILES string of the molecule is CCCCC1=Nc2c(OC)cccc2C(=O)C1. The van der Waals surface area contributed by atoms with Crippen LogP contribution in [0.3, 0.4) is 0 Å². The van der Waals surface area contributed by atoms with Crippen molar-refractivity contribution >= 4 is 17.2 Å². The van der Waals surface area contributed by atoms with Crippen molar-refractivity contribution in [3.05, 3.63) is 23.8 Å². The zero-order valence-corrected chi connectivity index (χ0v) is 10.3. The summed E-state index contributed by atoms with van der Waals surface area (Å²) < 4.78 is 5.25. The standard InChI is InChI=1S/C14H17NO2/c1-3-4-6-10-9-12(16)11-7-5-8-13(17-2)14(11)15-10/h5,7-8H,3-4,6,9H2,1-2H3. The van der Waals surface area contributed by atoms with Crippen molar-refractivity contribution in [2.75, 3.05) is 7.11 Å². The van der Waals surface area contributed by atoms with Gasteiger partial charge < -0.3 is 4.74 Å². The third-order valence-corrected chi connectivity index (χ3v) is 2.97. The highest BCUT2D eigenvalue weighted by Crippen LogP contribution is 2.35. The van der Waals surface area contributed by atoms with E-state index in [1.54, 1.807) is 7.11 Å². The lowest BCUT2D eigenvalue weighted by Gasteiger charge is -2.16. The number of carbonyl (C=O) groups is 1. The average molecular weight is 231 g/mol. The highest BCUT2D eigenvalue weighted by molar-refractivity contribution is 6.16. The number of rotatable bonds is 4. The van der Waals surface area contributed by atoms with Gasteiger partial charge in [0.25, 0.3) is 0 Å². The molecule has 3 nitrogen and oxygen atoms in total. The second-order valence-corrected chi connectivity index (χ2v) is 4.24. The average Bonchev–Trinajstić information content (AvgIpc) is 2.35. The van der Waals surface area contributed by atoms with E-state index in [9.17, 15) is 4.79 Å². The topological polar surface area (TPSA) is 38.7 Å². The summed E-state index contributed by atoms with van der Waals surface area (Å²) in [7, 11) is 1.61. The molecular weight excluding hydrogens is 214 g/mol. The molecule has 0 radical (unpaired) electrons.